The van der Waals surface area contributed by atoms with Gasteiger partial charge in [-0.2, -0.15) is 0 Å². The number of benzene rings is 1. The highest BCUT2D eigenvalue weighted by molar-refractivity contribution is 5.84. The second-order valence-electron chi connectivity index (χ2n) is 5.10. The van der Waals surface area contributed by atoms with Crippen molar-refractivity contribution in [1.82, 2.24) is 5.32 Å². The average molecular weight is 248 g/mol. The topological polar surface area (TPSA) is 64.3 Å². The van der Waals surface area contributed by atoms with Crippen LogP contribution < -0.4 is 15.8 Å². The van der Waals surface area contributed by atoms with Gasteiger partial charge in [-0.05, 0) is 31.4 Å². The number of para-hydroxylation sites is 1. The molecule has 1 aromatic rings. The number of amides is 1. The Labute approximate surface area is 108 Å². The van der Waals surface area contributed by atoms with Crippen LogP contribution in [0.15, 0.2) is 24.3 Å². The van der Waals surface area contributed by atoms with E-state index in [4.69, 9.17) is 10.5 Å². The zero-order chi connectivity index (χ0) is 13.2. The van der Waals surface area contributed by atoms with E-state index in [-0.39, 0.29) is 5.91 Å². The quantitative estimate of drug-likeness (QED) is 0.796. The molecule has 1 fully saturated rings. The molecule has 0 saturated heterocycles. The maximum absolute atomic E-state index is 11.7. The van der Waals surface area contributed by atoms with Crippen LogP contribution in [0.5, 0.6) is 5.75 Å². The first-order valence-corrected chi connectivity index (χ1v) is 6.24. The third-order valence-corrected chi connectivity index (χ3v) is 3.38. The van der Waals surface area contributed by atoms with E-state index in [2.05, 4.69) is 5.32 Å². The minimum absolute atomic E-state index is 0.319. The Bertz CT molecular complexity index is 443. The van der Waals surface area contributed by atoms with E-state index in [1.807, 2.05) is 31.2 Å². The van der Waals surface area contributed by atoms with Gasteiger partial charge in [0.1, 0.15) is 5.75 Å². The molecule has 1 aliphatic rings. The molecule has 1 unspecified atom stereocenters. The minimum Gasteiger partial charge on any atom is -0.496 e. The maximum Gasteiger partial charge on any atom is 0.237 e. The van der Waals surface area contributed by atoms with E-state index >= 15 is 0 Å². The summed E-state index contributed by atoms with van der Waals surface area (Å²) in [5.41, 5.74) is 5.83. The molecule has 0 radical (unpaired) electrons. The van der Waals surface area contributed by atoms with Crippen molar-refractivity contribution in [2.24, 2.45) is 5.73 Å². The van der Waals surface area contributed by atoms with Gasteiger partial charge in [0.2, 0.25) is 5.91 Å². The number of hydrogen-bond donors (Lipinski definition) is 2. The number of carbonyl (C=O) groups is 1. The van der Waals surface area contributed by atoms with Crippen molar-refractivity contribution in [2.45, 2.75) is 37.8 Å². The number of hydrogen-bond acceptors (Lipinski definition) is 3. The van der Waals surface area contributed by atoms with Gasteiger partial charge in [-0.1, -0.05) is 18.2 Å². The largest absolute Gasteiger partial charge is 0.496 e. The Kier molecular flexibility index (Phi) is 3.57. The Hall–Kier alpha value is -1.55. The Balaban J connectivity index is 2.19. The summed E-state index contributed by atoms with van der Waals surface area (Å²) in [5, 5.41) is 3.34. The summed E-state index contributed by atoms with van der Waals surface area (Å²) >= 11 is 0. The molecule has 18 heavy (non-hydrogen) atoms. The van der Waals surface area contributed by atoms with Crippen LogP contribution in [0.4, 0.5) is 0 Å². The lowest BCUT2D eigenvalue weighted by atomic mass is 9.91. The zero-order valence-corrected chi connectivity index (χ0v) is 10.9. The fraction of sp³-hybridized carbons (Fsp3) is 0.500. The number of rotatable bonds is 6. The maximum atomic E-state index is 11.7. The molecule has 1 aliphatic carbocycles. The van der Waals surface area contributed by atoms with Crippen molar-refractivity contribution in [1.29, 1.82) is 0 Å². The van der Waals surface area contributed by atoms with E-state index in [0.717, 1.165) is 24.2 Å². The Morgan fingerprint density at radius 2 is 2.17 bits per heavy atom. The molecule has 2 rings (SSSR count). The summed E-state index contributed by atoms with van der Waals surface area (Å²) in [4.78, 5) is 11.7. The van der Waals surface area contributed by atoms with Gasteiger partial charge < -0.3 is 15.8 Å². The third kappa shape index (κ3) is 2.82. The van der Waals surface area contributed by atoms with Crippen LogP contribution in [-0.2, 0) is 11.2 Å². The van der Waals surface area contributed by atoms with E-state index in [1.165, 1.54) is 0 Å². The normalized spacial score (nSPS) is 18.1. The number of nitrogens with one attached hydrogen (secondary N) is 1. The van der Waals surface area contributed by atoms with Crippen molar-refractivity contribution in [2.75, 3.05) is 7.11 Å². The van der Waals surface area contributed by atoms with Crippen LogP contribution in [0.25, 0.3) is 0 Å². The van der Waals surface area contributed by atoms with Gasteiger partial charge >= 0.3 is 0 Å². The number of carbonyl (C=O) groups excluding carboxylic acids is 1. The highest BCUT2D eigenvalue weighted by Gasteiger charge is 2.37. The van der Waals surface area contributed by atoms with Gasteiger partial charge in [-0.3, -0.25) is 4.79 Å². The third-order valence-electron chi connectivity index (χ3n) is 3.38. The summed E-state index contributed by atoms with van der Waals surface area (Å²) in [6.07, 6.45) is 2.78. The fourth-order valence-corrected chi connectivity index (χ4v) is 2.12. The van der Waals surface area contributed by atoms with Crippen LogP contribution in [0.2, 0.25) is 0 Å². The summed E-state index contributed by atoms with van der Waals surface area (Å²) < 4.78 is 5.31. The molecule has 1 amide bonds. The number of primary amides is 1. The first-order chi connectivity index (χ1) is 8.55. The summed E-state index contributed by atoms with van der Waals surface area (Å²) in [7, 11) is 1.63. The predicted molar refractivity (Wildman–Crippen MR) is 70.5 cm³/mol. The summed E-state index contributed by atoms with van der Waals surface area (Å²) in [5.74, 6) is 0.475. The number of ether oxygens (including phenoxy) is 1. The van der Waals surface area contributed by atoms with Gasteiger partial charge in [-0.15, -0.1) is 0 Å². The second-order valence-corrected chi connectivity index (χ2v) is 5.10. The SMILES string of the molecule is COc1ccccc1CC(C)(NC1CC1)C(N)=O. The van der Waals surface area contributed by atoms with Crippen LogP contribution in [0.3, 0.4) is 0 Å². The lowest BCUT2D eigenvalue weighted by molar-refractivity contribution is -0.123. The van der Waals surface area contributed by atoms with Gasteiger partial charge in [0.05, 0.1) is 12.6 Å². The van der Waals surface area contributed by atoms with Crippen LogP contribution in [0, 0.1) is 0 Å². The molecule has 0 aliphatic heterocycles. The highest BCUT2D eigenvalue weighted by atomic mass is 16.5. The fourth-order valence-electron chi connectivity index (χ4n) is 2.12. The van der Waals surface area contributed by atoms with E-state index in [9.17, 15) is 4.79 Å². The van der Waals surface area contributed by atoms with Gasteiger partial charge in [0, 0.05) is 12.5 Å². The van der Waals surface area contributed by atoms with Crippen molar-refractivity contribution in [3.8, 4) is 5.75 Å². The average Bonchev–Trinajstić information content (AvgIpc) is 3.13. The van der Waals surface area contributed by atoms with Gasteiger partial charge in [0.15, 0.2) is 0 Å². The Morgan fingerprint density at radius 3 is 2.72 bits per heavy atom. The number of nitrogens with two attached hydrogens (primary N) is 1. The molecule has 0 bridgehead atoms. The van der Waals surface area contributed by atoms with Crippen LogP contribution in [-0.4, -0.2) is 24.6 Å². The monoisotopic (exact) mass is 248 g/mol. The number of methoxy groups -OCH3 is 1. The van der Waals surface area contributed by atoms with E-state index < -0.39 is 5.54 Å². The van der Waals surface area contributed by atoms with Gasteiger partial charge in [-0.25, -0.2) is 0 Å². The molecule has 0 spiro atoms. The minimum atomic E-state index is -0.713. The molecule has 0 heterocycles. The molecular weight excluding hydrogens is 228 g/mol. The summed E-state index contributed by atoms with van der Waals surface area (Å²) in [6.45, 7) is 1.86. The second kappa shape index (κ2) is 4.98. The standard InChI is InChI=1S/C14H20N2O2/c1-14(13(15)17,16-11-7-8-11)9-10-5-3-4-6-12(10)18-2/h3-6,11,16H,7-9H2,1-2H3,(H2,15,17). The zero-order valence-electron chi connectivity index (χ0n) is 10.9. The molecular formula is C14H20N2O2. The molecule has 4 nitrogen and oxygen atoms in total. The van der Waals surface area contributed by atoms with Crippen LogP contribution in [0.1, 0.15) is 25.3 Å². The highest BCUT2D eigenvalue weighted by Crippen LogP contribution is 2.27. The van der Waals surface area contributed by atoms with Crippen molar-refractivity contribution >= 4 is 5.91 Å². The lowest BCUT2D eigenvalue weighted by Crippen LogP contribution is -2.55. The molecule has 98 valence electrons. The van der Waals surface area contributed by atoms with Crippen molar-refractivity contribution in [3.63, 3.8) is 0 Å². The lowest BCUT2D eigenvalue weighted by Gasteiger charge is -2.28. The molecule has 0 aromatic heterocycles. The van der Waals surface area contributed by atoms with Crippen molar-refractivity contribution in [3.05, 3.63) is 29.8 Å². The van der Waals surface area contributed by atoms with Gasteiger partial charge in [0.25, 0.3) is 0 Å². The van der Waals surface area contributed by atoms with E-state index in [0.29, 0.717) is 12.5 Å². The van der Waals surface area contributed by atoms with Crippen molar-refractivity contribution < 1.29 is 9.53 Å². The smallest absolute Gasteiger partial charge is 0.237 e. The molecule has 3 N–H and O–H groups in total. The van der Waals surface area contributed by atoms with Crippen LogP contribution >= 0.6 is 0 Å². The molecule has 1 saturated carbocycles. The molecule has 1 aromatic carbocycles. The molecule has 1 atom stereocenters. The first kappa shape index (κ1) is 12.9. The predicted octanol–water partition coefficient (Wildman–Crippen LogP) is 1.23. The Morgan fingerprint density at radius 1 is 1.50 bits per heavy atom. The molecule has 4 heteroatoms. The summed E-state index contributed by atoms with van der Waals surface area (Å²) in [6, 6.07) is 8.15. The first-order valence-electron chi connectivity index (χ1n) is 6.24. The van der Waals surface area contributed by atoms with E-state index in [1.54, 1.807) is 7.11 Å².